The number of nitrogens with zero attached hydrogens (tertiary/aromatic N) is 2. The van der Waals surface area contributed by atoms with Crippen LogP contribution in [0.25, 0.3) is 0 Å². The van der Waals surface area contributed by atoms with E-state index in [-0.39, 0.29) is 6.04 Å². The molecule has 1 aromatic heterocycles. The van der Waals surface area contributed by atoms with Crippen molar-refractivity contribution in [3.05, 3.63) is 24.3 Å². The van der Waals surface area contributed by atoms with Gasteiger partial charge in [-0.2, -0.15) is 0 Å². The first-order valence-electron chi connectivity index (χ1n) is 6.07. The average molecular weight is 270 g/mol. The quantitative estimate of drug-likeness (QED) is 0.817. The Labute approximate surface area is 107 Å². The van der Waals surface area contributed by atoms with Gasteiger partial charge in [0.05, 0.1) is 5.69 Å². The summed E-state index contributed by atoms with van der Waals surface area (Å²) in [5, 5.41) is 2.49. The topological polar surface area (TPSA) is 84.0 Å². The van der Waals surface area contributed by atoms with Gasteiger partial charge in [-0.3, -0.25) is 9.97 Å². The van der Waals surface area contributed by atoms with E-state index in [2.05, 4.69) is 20.0 Å². The Bertz CT molecular complexity index is 471. The van der Waals surface area contributed by atoms with E-state index in [1.54, 1.807) is 6.92 Å². The second kappa shape index (κ2) is 5.73. The van der Waals surface area contributed by atoms with Gasteiger partial charge in [0.15, 0.2) is 0 Å². The molecule has 0 saturated carbocycles. The Balaban J connectivity index is 2.06. The predicted octanol–water partition coefficient (Wildman–Crippen LogP) is 0.209. The summed E-state index contributed by atoms with van der Waals surface area (Å²) < 4.78 is 27.1. The summed E-state index contributed by atoms with van der Waals surface area (Å²) in [5.74, 6) is 0. The number of sulfonamides is 1. The van der Waals surface area contributed by atoms with Crippen LogP contribution >= 0.6 is 0 Å². The smallest absolute Gasteiger partial charge is 0.220 e. The Morgan fingerprint density at radius 3 is 2.94 bits per heavy atom. The third-order valence-electron chi connectivity index (χ3n) is 3.09. The van der Waals surface area contributed by atoms with Crippen molar-refractivity contribution in [2.24, 2.45) is 0 Å². The zero-order valence-corrected chi connectivity index (χ0v) is 11.2. The summed E-state index contributed by atoms with van der Waals surface area (Å²) in [6, 6.07) is -0.0251. The van der Waals surface area contributed by atoms with Gasteiger partial charge in [-0.05, 0) is 26.3 Å². The number of piperidine rings is 1. The van der Waals surface area contributed by atoms with Crippen LogP contribution in [0.1, 0.15) is 30.7 Å². The van der Waals surface area contributed by atoms with E-state index in [1.165, 1.54) is 18.6 Å². The third-order valence-corrected chi connectivity index (χ3v) is 4.93. The van der Waals surface area contributed by atoms with E-state index >= 15 is 0 Å². The van der Waals surface area contributed by atoms with Gasteiger partial charge in [-0.1, -0.05) is 0 Å². The van der Waals surface area contributed by atoms with E-state index in [0.717, 1.165) is 19.4 Å². The molecule has 2 N–H and O–H groups in total. The molecule has 0 amide bonds. The van der Waals surface area contributed by atoms with Gasteiger partial charge in [-0.25, -0.2) is 13.1 Å². The van der Waals surface area contributed by atoms with Crippen LogP contribution in [0.4, 0.5) is 0 Å². The van der Waals surface area contributed by atoms with Crippen molar-refractivity contribution in [1.82, 2.24) is 20.0 Å². The maximum absolute atomic E-state index is 12.2. The molecule has 0 aromatic carbocycles. The minimum absolute atomic E-state index is 0.0251. The van der Waals surface area contributed by atoms with Crippen LogP contribution in [0.15, 0.2) is 18.6 Å². The van der Waals surface area contributed by atoms with Crippen LogP contribution < -0.4 is 10.0 Å². The van der Waals surface area contributed by atoms with E-state index in [9.17, 15) is 8.42 Å². The molecule has 100 valence electrons. The molecule has 0 radical (unpaired) electrons. The normalized spacial score (nSPS) is 22.6. The molecule has 2 atom stereocenters. The summed E-state index contributed by atoms with van der Waals surface area (Å²) in [6.45, 7) is 3.27. The number of rotatable bonds is 4. The molecule has 0 unspecified atom stereocenters. The first-order valence-corrected chi connectivity index (χ1v) is 7.62. The fourth-order valence-electron chi connectivity index (χ4n) is 1.97. The van der Waals surface area contributed by atoms with E-state index in [4.69, 9.17) is 0 Å². The van der Waals surface area contributed by atoms with E-state index < -0.39 is 15.3 Å². The Morgan fingerprint density at radius 2 is 2.33 bits per heavy atom. The van der Waals surface area contributed by atoms with Crippen molar-refractivity contribution in [3.8, 4) is 0 Å². The SMILES string of the molecule is C[C@@H](c1cnccn1)S(=O)(=O)N[C@H]1CCCNC1. The lowest BCUT2D eigenvalue weighted by Gasteiger charge is -2.25. The molecule has 1 aliphatic heterocycles. The lowest BCUT2D eigenvalue weighted by atomic mass is 10.1. The van der Waals surface area contributed by atoms with Crippen LogP contribution in [0.3, 0.4) is 0 Å². The monoisotopic (exact) mass is 270 g/mol. The van der Waals surface area contributed by atoms with E-state index in [0.29, 0.717) is 12.2 Å². The molecular formula is C11H18N4O2S. The Kier molecular flexibility index (Phi) is 4.26. The summed E-state index contributed by atoms with van der Waals surface area (Å²) in [7, 11) is -3.41. The highest BCUT2D eigenvalue weighted by Gasteiger charge is 2.27. The van der Waals surface area contributed by atoms with Crippen LogP contribution in [-0.4, -0.2) is 37.5 Å². The average Bonchev–Trinajstić information content (AvgIpc) is 2.39. The zero-order valence-electron chi connectivity index (χ0n) is 10.3. The lowest BCUT2D eigenvalue weighted by Crippen LogP contribution is -2.46. The van der Waals surface area contributed by atoms with Crippen LogP contribution in [-0.2, 0) is 10.0 Å². The van der Waals surface area contributed by atoms with Crippen LogP contribution in [0.2, 0.25) is 0 Å². The van der Waals surface area contributed by atoms with Crippen molar-refractivity contribution >= 4 is 10.0 Å². The van der Waals surface area contributed by atoms with Gasteiger partial charge >= 0.3 is 0 Å². The summed E-state index contributed by atoms with van der Waals surface area (Å²) in [6.07, 6.45) is 6.39. The number of aromatic nitrogens is 2. The Hall–Kier alpha value is -1.05. The van der Waals surface area contributed by atoms with Crippen molar-refractivity contribution < 1.29 is 8.42 Å². The van der Waals surface area contributed by atoms with Gasteiger partial charge < -0.3 is 5.32 Å². The summed E-state index contributed by atoms with van der Waals surface area (Å²) >= 11 is 0. The molecule has 0 bridgehead atoms. The summed E-state index contributed by atoms with van der Waals surface area (Å²) in [5.41, 5.74) is 0.466. The molecule has 1 fully saturated rings. The molecule has 0 aliphatic carbocycles. The highest BCUT2D eigenvalue weighted by molar-refractivity contribution is 7.89. The summed E-state index contributed by atoms with van der Waals surface area (Å²) in [4.78, 5) is 7.94. The Morgan fingerprint density at radius 1 is 1.50 bits per heavy atom. The molecular weight excluding hydrogens is 252 g/mol. The highest BCUT2D eigenvalue weighted by atomic mass is 32.2. The van der Waals surface area contributed by atoms with Gasteiger partial charge in [0.2, 0.25) is 10.0 Å². The van der Waals surface area contributed by atoms with Crippen molar-refractivity contribution in [2.45, 2.75) is 31.1 Å². The van der Waals surface area contributed by atoms with Gasteiger partial charge in [0.1, 0.15) is 5.25 Å². The van der Waals surface area contributed by atoms with Crippen molar-refractivity contribution in [3.63, 3.8) is 0 Å². The highest BCUT2D eigenvalue weighted by Crippen LogP contribution is 2.18. The number of hydrogen-bond donors (Lipinski definition) is 2. The maximum Gasteiger partial charge on any atom is 0.220 e. The molecule has 2 heterocycles. The van der Waals surface area contributed by atoms with Crippen LogP contribution in [0, 0.1) is 0 Å². The van der Waals surface area contributed by atoms with Gasteiger partial charge in [0.25, 0.3) is 0 Å². The lowest BCUT2D eigenvalue weighted by molar-refractivity contribution is 0.427. The predicted molar refractivity (Wildman–Crippen MR) is 68.4 cm³/mol. The molecule has 1 saturated heterocycles. The van der Waals surface area contributed by atoms with Crippen molar-refractivity contribution in [1.29, 1.82) is 0 Å². The molecule has 1 aromatic rings. The molecule has 2 rings (SSSR count). The second-order valence-electron chi connectivity index (χ2n) is 4.48. The molecule has 7 heteroatoms. The van der Waals surface area contributed by atoms with Crippen LogP contribution in [0.5, 0.6) is 0 Å². The molecule has 0 spiro atoms. The first kappa shape index (κ1) is 13.4. The van der Waals surface area contributed by atoms with E-state index in [1.807, 2.05) is 0 Å². The molecule has 18 heavy (non-hydrogen) atoms. The van der Waals surface area contributed by atoms with Crippen molar-refractivity contribution in [2.75, 3.05) is 13.1 Å². The number of nitrogens with one attached hydrogen (secondary N) is 2. The molecule has 6 nitrogen and oxygen atoms in total. The zero-order chi connectivity index (χ0) is 13.0. The minimum atomic E-state index is -3.41. The molecule has 1 aliphatic rings. The maximum atomic E-state index is 12.2. The largest absolute Gasteiger partial charge is 0.315 e. The second-order valence-corrected chi connectivity index (χ2v) is 6.51. The number of hydrogen-bond acceptors (Lipinski definition) is 5. The van der Waals surface area contributed by atoms with Gasteiger partial charge in [-0.15, -0.1) is 0 Å². The fraction of sp³-hybridized carbons (Fsp3) is 0.636. The fourth-order valence-corrected chi connectivity index (χ4v) is 3.28. The van der Waals surface area contributed by atoms with Gasteiger partial charge in [0, 0.05) is 31.2 Å². The standard InChI is InChI=1S/C11H18N4O2S/c1-9(11-8-13-5-6-14-11)18(16,17)15-10-3-2-4-12-7-10/h5-6,8-10,12,15H,2-4,7H2,1H3/t9-,10-/m0/s1. The minimum Gasteiger partial charge on any atom is -0.315 e. The first-order chi connectivity index (χ1) is 8.59. The third kappa shape index (κ3) is 3.24.